The van der Waals surface area contributed by atoms with Crippen LogP contribution < -0.4 is 11.1 Å². The Bertz CT molecular complexity index is 2660. The van der Waals surface area contributed by atoms with Crippen LogP contribution in [0.2, 0.25) is 0 Å². The van der Waals surface area contributed by atoms with Gasteiger partial charge in [0.1, 0.15) is 0 Å². The van der Waals surface area contributed by atoms with Crippen molar-refractivity contribution in [2.45, 2.75) is 39.5 Å². The SMILES string of the molecule is CC(C)c1cccc(C(C)C)c1-n1c(=O)c2ccc3c4ccc5sc6ccccc6c6ccc(c7ccc(c1=O)c2c37)c4c56. The first-order valence-corrected chi connectivity index (χ1v) is 16.2. The van der Waals surface area contributed by atoms with Crippen LogP contribution in [0, 0.1) is 0 Å². The highest BCUT2D eigenvalue weighted by Gasteiger charge is 2.24. The fraction of sp³-hybridized carbons (Fsp3) is 0.150. The quantitative estimate of drug-likeness (QED) is 0.152. The minimum atomic E-state index is -0.245. The summed E-state index contributed by atoms with van der Waals surface area (Å²) in [6.45, 7) is 8.47. The van der Waals surface area contributed by atoms with E-state index in [0.29, 0.717) is 10.8 Å². The van der Waals surface area contributed by atoms with Crippen molar-refractivity contribution in [2.24, 2.45) is 0 Å². The number of fused-ring (bicyclic) bond motifs is 4. The van der Waals surface area contributed by atoms with Gasteiger partial charge in [-0.2, -0.15) is 0 Å². The molecule has 7 aromatic carbocycles. The molecule has 212 valence electrons. The maximum atomic E-state index is 14.5. The van der Waals surface area contributed by atoms with Crippen LogP contribution in [0.25, 0.3) is 79.7 Å². The number of pyridine rings is 1. The smallest absolute Gasteiger partial charge is 0.266 e. The highest BCUT2D eigenvalue weighted by atomic mass is 32.1. The van der Waals surface area contributed by atoms with Gasteiger partial charge in [0.25, 0.3) is 11.1 Å². The van der Waals surface area contributed by atoms with Crippen LogP contribution in [0.3, 0.4) is 0 Å². The van der Waals surface area contributed by atoms with Gasteiger partial charge in [-0.15, -0.1) is 11.3 Å². The molecular weight excluding hydrogens is 559 g/mol. The molecule has 0 aliphatic heterocycles. The summed E-state index contributed by atoms with van der Waals surface area (Å²) in [5.74, 6) is 0.314. The summed E-state index contributed by atoms with van der Waals surface area (Å²) >= 11 is 1.83. The lowest BCUT2D eigenvalue weighted by Crippen LogP contribution is -2.33. The normalized spacial score (nSPS) is 12.7. The highest BCUT2D eigenvalue weighted by molar-refractivity contribution is 7.25. The zero-order chi connectivity index (χ0) is 30.0. The average molecular weight is 588 g/mol. The summed E-state index contributed by atoms with van der Waals surface area (Å²) in [4.78, 5) is 29.0. The molecule has 0 fully saturated rings. The molecule has 0 saturated carbocycles. The summed E-state index contributed by atoms with van der Waals surface area (Å²) in [5, 5.41) is 12.5. The minimum absolute atomic E-state index is 0.157. The lowest BCUT2D eigenvalue weighted by molar-refractivity contribution is 0.793. The van der Waals surface area contributed by atoms with Gasteiger partial charge in [-0.05, 0) is 90.3 Å². The molecule has 0 saturated heterocycles. The van der Waals surface area contributed by atoms with Crippen LogP contribution in [0.1, 0.15) is 50.7 Å². The van der Waals surface area contributed by atoms with Crippen LogP contribution in [0.4, 0.5) is 0 Å². The van der Waals surface area contributed by atoms with E-state index >= 15 is 0 Å². The molecule has 2 heterocycles. The lowest BCUT2D eigenvalue weighted by atomic mass is 9.86. The van der Waals surface area contributed by atoms with Crippen LogP contribution in [-0.4, -0.2) is 4.57 Å². The average Bonchev–Trinajstić information content (AvgIpc) is 3.03. The molecule has 0 spiro atoms. The summed E-state index contributed by atoms with van der Waals surface area (Å²) in [7, 11) is 0. The molecule has 0 aliphatic rings. The molecule has 0 bridgehead atoms. The number of aromatic nitrogens is 1. The zero-order valence-corrected chi connectivity index (χ0v) is 25.8. The van der Waals surface area contributed by atoms with E-state index in [-0.39, 0.29) is 23.0 Å². The zero-order valence-electron chi connectivity index (χ0n) is 25.0. The van der Waals surface area contributed by atoms with Gasteiger partial charge in [0, 0.05) is 30.9 Å². The van der Waals surface area contributed by atoms with Crippen molar-refractivity contribution in [1.82, 2.24) is 4.57 Å². The van der Waals surface area contributed by atoms with Crippen molar-refractivity contribution < 1.29 is 0 Å². The molecule has 0 atom stereocenters. The van der Waals surface area contributed by atoms with Crippen molar-refractivity contribution in [3.8, 4) is 5.69 Å². The van der Waals surface area contributed by atoms with Crippen molar-refractivity contribution in [3.05, 3.63) is 123 Å². The number of hydrogen-bond acceptors (Lipinski definition) is 3. The van der Waals surface area contributed by atoms with Gasteiger partial charge >= 0.3 is 0 Å². The molecule has 9 rings (SSSR count). The summed E-state index contributed by atoms with van der Waals surface area (Å²) < 4.78 is 4.00. The number of hydrogen-bond donors (Lipinski definition) is 0. The van der Waals surface area contributed by atoms with Gasteiger partial charge in [-0.1, -0.05) is 94.4 Å². The van der Waals surface area contributed by atoms with Gasteiger partial charge in [0.05, 0.1) is 5.69 Å². The van der Waals surface area contributed by atoms with E-state index in [4.69, 9.17) is 0 Å². The third-order valence-electron chi connectivity index (χ3n) is 9.69. The topological polar surface area (TPSA) is 39.1 Å². The summed E-state index contributed by atoms with van der Waals surface area (Å²) in [5.41, 5.74) is 2.28. The Morgan fingerprint density at radius 3 is 1.48 bits per heavy atom. The molecule has 4 heteroatoms. The largest absolute Gasteiger partial charge is 0.268 e. The Morgan fingerprint density at radius 2 is 0.909 bits per heavy atom. The van der Waals surface area contributed by atoms with E-state index in [2.05, 4.69) is 88.4 Å². The summed E-state index contributed by atoms with van der Waals surface area (Å²) in [6.07, 6.45) is 0. The monoisotopic (exact) mass is 587 g/mol. The van der Waals surface area contributed by atoms with Crippen molar-refractivity contribution in [1.29, 1.82) is 0 Å². The first-order valence-electron chi connectivity index (χ1n) is 15.3. The molecule has 2 aromatic heterocycles. The van der Waals surface area contributed by atoms with Gasteiger partial charge in [0.15, 0.2) is 0 Å². The van der Waals surface area contributed by atoms with Gasteiger partial charge in [0.2, 0.25) is 0 Å². The first-order chi connectivity index (χ1) is 21.3. The van der Waals surface area contributed by atoms with E-state index in [1.54, 1.807) is 0 Å². The van der Waals surface area contributed by atoms with E-state index in [9.17, 15) is 9.59 Å². The second-order valence-corrected chi connectivity index (χ2v) is 13.8. The predicted octanol–water partition coefficient (Wildman–Crippen LogP) is 10.5. The second-order valence-electron chi connectivity index (χ2n) is 12.7. The van der Waals surface area contributed by atoms with Gasteiger partial charge in [-0.25, -0.2) is 4.57 Å². The minimum Gasteiger partial charge on any atom is -0.268 e. The molecule has 0 amide bonds. The number of nitrogens with zero attached hydrogens (tertiary/aromatic N) is 1. The molecule has 44 heavy (non-hydrogen) atoms. The van der Waals surface area contributed by atoms with E-state index in [0.717, 1.165) is 49.1 Å². The molecule has 9 aromatic rings. The van der Waals surface area contributed by atoms with E-state index in [1.807, 2.05) is 41.7 Å². The van der Waals surface area contributed by atoms with Crippen molar-refractivity contribution in [2.75, 3.05) is 0 Å². The number of rotatable bonds is 3. The first kappa shape index (κ1) is 25.7. The fourth-order valence-electron chi connectivity index (χ4n) is 7.73. The number of para-hydroxylation sites is 1. The molecule has 0 aliphatic carbocycles. The molecule has 0 radical (unpaired) electrons. The fourth-order valence-corrected chi connectivity index (χ4v) is 8.85. The Labute approximate surface area is 257 Å². The van der Waals surface area contributed by atoms with E-state index in [1.165, 1.54) is 35.5 Å². The van der Waals surface area contributed by atoms with E-state index < -0.39 is 0 Å². The van der Waals surface area contributed by atoms with Gasteiger partial charge < -0.3 is 0 Å². The Hall–Kier alpha value is -4.80. The Balaban J connectivity index is 1.47. The Kier molecular flexibility index (Phi) is 5.18. The third kappa shape index (κ3) is 3.16. The second kappa shape index (κ2) is 8.87. The molecular formula is C40H29NO2S. The maximum Gasteiger partial charge on any atom is 0.266 e. The maximum absolute atomic E-state index is 14.5. The Morgan fingerprint density at radius 1 is 0.455 bits per heavy atom. The van der Waals surface area contributed by atoms with Crippen molar-refractivity contribution >= 4 is 85.4 Å². The molecule has 0 N–H and O–H groups in total. The van der Waals surface area contributed by atoms with Crippen LogP contribution in [0.5, 0.6) is 0 Å². The van der Waals surface area contributed by atoms with Crippen molar-refractivity contribution in [3.63, 3.8) is 0 Å². The number of benzene rings is 7. The van der Waals surface area contributed by atoms with Crippen LogP contribution >= 0.6 is 11.3 Å². The molecule has 0 unspecified atom stereocenters. The van der Waals surface area contributed by atoms with Gasteiger partial charge in [-0.3, -0.25) is 9.59 Å². The standard InChI is InChI=1S/C40H29NO2S/c1-20(2)22-9-7-10-23(21(3)4)38(22)41-39(42)30-16-14-26-28-13-12-25-24-8-5-6-11-32(24)44-33-19-18-29(35(28)37(25)33)27-15-17-31(40(41)43)36(30)34(26)27/h5-21H,1-4H3. The highest BCUT2D eigenvalue weighted by Crippen LogP contribution is 2.47. The predicted molar refractivity (Wildman–Crippen MR) is 189 cm³/mol. The lowest BCUT2D eigenvalue weighted by Gasteiger charge is -2.22. The van der Waals surface area contributed by atoms with Crippen LogP contribution in [-0.2, 0) is 0 Å². The molecule has 3 nitrogen and oxygen atoms in total. The third-order valence-corrected chi connectivity index (χ3v) is 10.8. The van der Waals surface area contributed by atoms with Crippen LogP contribution in [0.15, 0.2) is 101 Å². The summed E-state index contributed by atoms with van der Waals surface area (Å²) in [6, 6.07) is 31.8.